The number of hydrogen-bond donors (Lipinski definition) is 1. The number of aromatic nitrogens is 1. The summed E-state index contributed by atoms with van der Waals surface area (Å²) in [6, 6.07) is 21.1. The molecular weight excluding hydrogens is 244 g/mol. The standard InChI is InChI=1S/C18H18N2/c1-13-12-16-10-6-7-11-17(16)20-18(13)19-14(2)15-8-4-3-5-9-15/h3-12,14H,1-2H3,(H,19,20). The molecule has 1 N–H and O–H groups in total. The first kappa shape index (κ1) is 12.7. The zero-order valence-corrected chi connectivity index (χ0v) is 11.8. The minimum Gasteiger partial charge on any atom is -0.363 e. The Morgan fingerprint density at radius 3 is 2.45 bits per heavy atom. The van der Waals surface area contributed by atoms with Crippen molar-refractivity contribution in [2.75, 3.05) is 5.32 Å². The molecular formula is C18H18N2. The summed E-state index contributed by atoms with van der Waals surface area (Å²) in [7, 11) is 0. The Morgan fingerprint density at radius 1 is 0.950 bits per heavy atom. The van der Waals surface area contributed by atoms with E-state index in [0.29, 0.717) is 0 Å². The van der Waals surface area contributed by atoms with E-state index < -0.39 is 0 Å². The van der Waals surface area contributed by atoms with E-state index in [9.17, 15) is 0 Å². The molecule has 100 valence electrons. The van der Waals surface area contributed by atoms with Crippen molar-refractivity contribution < 1.29 is 0 Å². The van der Waals surface area contributed by atoms with Gasteiger partial charge < -0.3 is 5.32 Å². The van der Waals surface area contributed by atoms with Gasteiger partial charge in [0.2, 0.25) is 0 Å². The maximum absolute atomic E-state index is 4.73. The van der Waals surface area contributed by atoms with Crippen LogP contribution in [-0.2, 0) is 0 Å². The van der Waals surface area contributed by atoms with Crippen LogP contribution in [0.5, 0.6) is 0 Å². The van der Waals surface area contributed by atoms with Gasteiger partial charge in [0.05, 0.1) is 5.52 Å². The van der Waals surface area contributed by atoms with Crippen molar-refractivity contribution in [2.45, 2.75) is 19.9 Å². The topological polar surface area (TPSA) is 24.9 Å². The van der Waals surface area contributed by atoms with Crippen molar-refractivity contribution >= 4 is 16.7 Å². The van der Waals surface area contributed by atoms with Gasteiger partial charge in [-0.25, -0.2) is 4.98 Å². The first-order valence-electron chi connectivity index (χ1n) is 6.92. The fourth-order valence-electron chi connectivity index (χ4n) is 2.40. The van der Waals surface area contributed by atoms with E-state index in [0.717, 1.165) is 11.3 Å². The number of aryl methyl sites for hydroxylation is 1. The summed E-state index contributed by atoms with van der Waals surface area (Å²) in [6.07, 6.45) is 0. The van der Waals surface area contributed by atoms with Crippen LogP contribution in [0.25, 0.3) is 10.9 Å². The van der Waals surface area contributed by atoms with Crippen LogP contribution >= 0.6 is 0 Å². The summed E-state index contributed by atoms with van der Waals surface area (Å²) in [6.45, 7) is 4.26. The molecule has 0 radical (unpaired) electrons. The van der Waals surface area contributed by atoms with Crippen LogP contribution in [0.4, 0.5) is 5.82 Å². The summed E-state index contributed by atoms with van der Waals surface area (Å²) in [5.74, 6) is 0.958. The SMILES string of the molecule is Cc1cc2ccccc2nc1NC(C)c1ccccc1. The van der Waals surface area contributed by atoms with E-state index in [2.05, 4.69) is 55.6 Å². The van der Waals surface area contributed by atoms with E-state index >= 15 is 0 Å². The molecule has 0 spiro atoms. The zero-order chi connectivity index (χ0) is 13.9. The largest absolute Gasteiger partial charge is 0.363 e. The summed E-state index contributed by atoms with van der Waals surface area (Å²) >= 11 is 0. The summed E-state index contributed by atoms with van der Waals surface area (Å²) in [5, 5.41) is 4.69. The molecule has 1 atom stereocenters. The third-order valence-electron chi connectivity index (χ3n) is 3.57. The number of hydrogen-bond acceptors (Lipinski definition) is 2. The molecule has 2 heteroatoms. The highest BCUT2D eigenvalue weighted by molar-refractivity contribution is 5.81. The Hall–Kier alpha value is -2.35. The predicted molar refractivity (Wildman–Crippen MR) is 85.0 cm³/mol. The Kier molecular flexibility index (Phi) is 3.38. The summed E-state index contributed by atoms with van der Waals surface area (Å²) in [5.41, 5.74) is 3.47. The Morgan fingerprint density at radius 2 is 1.65 bits per heavy atom. The van der Waals surface area contributed by atoms with Gasteiger partial charge >= 0.3 is 0 Å². The molecule has 3 aromatic rings. The molecule has 0 aliphatic rings. The second kappa shape index (κ2) is 5.33. The monoisotopic (exact) mass is 262 g/mol. The second-order valence-corrected chi connectivity index (χ2v) is 5.12. The Bertz CT molecular complexity index is 720. The van der Waals surface area contributed by atoms with E-state index in [4.69, 9.17) is 4.98 Å². The van der Waals surface area contributed by atoms with Crippen molar-refractivity contribution in [3.8, 4) is 0 Å². The normalized spacial score (nSPS) is 12.3. The first-order valence-corrected chi connectivity index (χ1v) is 6.92. The van der Waals surface area contributed by atoms with Gasteiger partial charge in [0.15, 0.2) is 0 Å². The van der Waals surface area contributed by atoms with Crippen molar-refractivity contribution in [1.29, 1.82) is 0 Å². The number of fused-ring (bicyclic) bond motifs is 1. The Labute approximate surface area is 119 Å². The smallest absolute Gasteiger partial charge is 0.130 e. The van der Waals surface area contributed by atoms with Crippen molar-refractivity contribution in [2.24, 2.45) is 0 Å². The average Bonchev–Trinajstić information content (AvgIpc) is 2.49. The Balaban J connectivity index is 1.92. The van der Waals surface area contributed by atoms with Gasteiger partial charge in [0, 0.05) is 11.4 Å². The third kappa shape index (κ3) is 2.50. The number of rotatable bonds is 3. The fraction of sp³-hybridized carbons (Fsp3) is 0.167. The van der Waals surface area contributed by atoms with Crippen LogP contribution in [0.3, 0.4) is 0 Å². The number of nitrogens with one attached hydrogen (secondary N) is 1. The van der Waals surface area contributed by atoms with Crippen molar-refractivity contribution in [1.82, 2.24) is 4.98 Å². The molecule has 0 bridgehead atoms. The molecule has 2 aromatic carbocycles. The van der Waals surface area contributed by atoms with Gasteiger partial charge in [-0.1, -0.05) is 48.5 Å². The molecule has 1 heterocycles. The molecule has 0 amide bonds. The van der Waals surface area contributed by atoms with Gasteiger partial charge in [-0.15, -0.1) is 0 Å². The van der Waals surface area contributed by atoms with E-state index in [1.807, 2.05) is 24.3 Å². The molecule has 1 aromatic heterocycles. The van der Waals surface area contributed by atoms with Gasteiger partial charge in [-0.3, -0.25) is 0 Å². The second-order valence-electron chi connectivity index (χ2n) is 5.12. The molecule has 0 aliphatic heterocycles. The van der Waals surface area contributed by atoms with Crippen molar-refractivity contribution in [3.63, 3.8) is 0 Å². The lowest BCUT2D eigenvalue weighted by molar-refractivity contribution is 0.874. The van der Waals surface area contributed by atoms with Gasteiger partial charge in [-0.2, -0.15) is 0 Å². The van der Waals surface area contributed by atoms with Crippen LogP contribution < -0.4 is 5.32 Å². The molecule has 0 aliphatic carbocycles. The van der Waals surface area contributed by atoms with Gasteiger partial charge in [-0.05, 0) is 37.1 Å². The van der Waals surface area contributed by atoms with Gasteiger partial charge in [0.25, 0.3) is 0 Å². The van der Waals surface area contributed by atoms with E-state index in [1.54, 1.807) is 0 Å². The quantitative estimate of drug-likeness (QED) is 0.739. The molecule has 2 nitrogen and oxygen atoms in total. The first-order chi connectivity index (χ1) is 9.74. The maximum atomic E-state index is 4.73. The molecule has 0 saturated carbocycles. The number of nitrogens with zero attached hydrogens (tertiary/aromatic N) is 1. The van der Waals surface area contributed by atoms with Crippen LogP contribution in [-0.4, -0.2) is 4.98 Å². The maximum Gasteiger partial charge on any atom is 0.130 e. The number of benzene rings is 2. The zero-order valence-electron chi connectivity index (χ0n) is 11.8. The molecule has 0 saturated heterocycles. The highest BCUT2D eigenvalue weighted by Crippen LogP contribution is 2.23. The summed E-state index contributed by atoms with van der Waals surface area (Å²) < 4.78 is 0. The van der Waals surface area contributed by atoms with Crippen molar-refractivity contribution in [3.05, 3.63) is 71.8 Å². The average molecular weight is 262 g/mol. The third-order valence-corrected chi connectivity index (χ3v) is 3.57. The van der Waals surface area contributed by atoms with Gasteiger partial charge in [0.1, 0.15) is 5.82 Å². The molecule has 3 rings (SSSR count). The highest BCUT2D eigenvalue weighted by Gasteiger charge is 2.08. The lowest BCUT2D eigenvalue weighted by Gasteiger charge is -2.17. The van der Waals surface area contributed by atoms with Crippen LogP contribution in [0.1, 0.15) is 24.1 Å². The number of para-hydroxylation sites is 1. The molecule has 20 heavy (non-hydrogen) atoms. The van der Waals surface area contributed by atoms with Crippen LogP contribution in [0.2, 0.25) is 0 Å². The predicted octanol–water partition coefficient (Wildman–Crippen LogP) is 4.72. The highest BCUT2D eigenvalue weighted by atomic mass is 15.0. The molecule has 0 fully saturated rings. The minimum absolute atomic E-state index is 0.239. The summed E-state index contributed by atoms with van der Waals surface area (Å²) in [4.78, 5) is 4.73. The van der Waals surface area contributed by atoms with Crippen LogP contribution in [0, 0.1) is 6.92 Å². The van der Waals surface area contributed by atoms with Crippen LogP contribution in [0.15, 0.2) is 60.7 Å². The number of anilines is 1. The lowest BCUT2D eigenvalue weighted by Crippen LogP contribution is -2.09. The minimum atomic E-state index is 0.239. The van der Waals surface area contributed by atoms with E-state index in [-0.39, 0.29) is 6.04 Å². The fourth-order valence-corrected chi connectivity index (χ4v) is 2.40. The number of pyridine rings is 1. The lowest BCUT2D eigenvalue weighted by atomic mass is 10.1. The molecule has 1 unspecified atom stereocenters. The van der Waals surface area contributed by atoms with E-state index in [1.165, 1.54) is 16.5 Å².